The predicted octanol–water partition coefficient (Wildman–Crippen LogP) is 1.69. The molecule has 1 aliphatic heterocycles. The second-order valence-electron chi connectivity index (χ2n) is 4.29. The van der Waals surface area contributed by atoms with Crippen LogP contribution in [0.1, 0.15) is 25.7 Å². The van der Waals surface area contributed by atoms with Gasteiger partial charge in [0, 0.05) is 13.2 Å². The fourth-order valence-corrected chi connectivity index (χ4v) is 1.76. The van der Waals surface area contributed by atoms with Crippen molar-refractivity contribution >= 4 is 0 Å². The number of nitrogens with one attached hydrogen (secondary N) is 2. The highest BCUT2D eigenvalue weighted by Gasteiger charge is 2.25. The molecule has 0 aliphatic carbocycles. The molecule has 1 rings (SSSR count). The van der Waals surface area contributed by atoms with Crippen molar-refractivity contribution in [1.29, 1.82) is 0 Å². The van der Waals surface area contributed by atoms with Crippen LogP contribution in [0.25, 0.3) is 0 Å². The van der Waals surface area contributed by atoms with E-state index < -0.39 is 12.6 Å². The van der Waals surface area contributed by atoms with Gasteiger partial charge in [-0.25, -0.2) is 0 Å². The highest BCUT2D eigenvalue weighted by molar-refractivity contribution is 4.68. The van der Waals surface area contributed by atoms with Crippen LogP contribution in [0.3, 0.4) is 0 Å². The number of halogens is 3. The van der Waals surface area contributed by atoms with Gasteiger partial charge in [0.1, 0.15) is 0 Å². The lowest BCUT2D eigenvalue weighted by Gasteiger charge is -2.22. The summed E-state index contributed by atoms with van der Waals surface area (Å²) in [6, 6.07) is 0. The van der Waals surface area contributed by atoms with Gasteiger partial charge in [0.2, 0.25) is 0 Å². The first-order valence-electron chi connectivity index (χ1n) is 6.18. The van der Waals surface area contributed by atoms with Crippen molar-refractivity contribution in [2.45, 2.75) is 38.0 Å². The van der Waals surface area contributed by atoms with Gasteiger partial charge >= 0.3 is 6.18 Å². The second kappa shape index (κ2) is 7.89. The topological polar surface area (TPSA) is 33.3 Å². The Morgan fingerprint density at radius 3 is 2.53 bits per heavy atom. The van der Waals surface area contributed by atoms with Crippen LogP contribution in [-0.4, -0.2) is 45.1 Å². The van der Waals surface area contributed by atoms with Gasteiger partial charge in [-0.1, -0.05) is 0 Å². The maximum absolute atomic E-state index is 11.8. The number of hydrogen-bond donors (Lipinski definition) is 2. The van der Waals surface area contributed by atoms with Crippen LogP contribution in [-0.2, 0) is 4.74 Å². The maximum Gasteiger partial charge on any atom is 0.390 e. The molecule has 6 heteroatoms. The first-order valence-corrected chi connectivity index (χ1v) is 6.18. The smallest absolute Gasteiger partial charge is 0.378 e. The SMILES string of the molecule is FC(F)(F)CCNCCCOC1CCNCC1. The van der Waals surface area contributed by atoms with Gasteiger partial charge in [-0.15, -0.1) is 0 Å². The third kappa shape index (κ3) is 8.40. The zero-order valence-electron chi connectivity index (χ0n) is 9.98. The fourth-order valence-electron chi connectivity index (χ4n) is 1.76. The lowest BCUT2D eigenvalue weighted by atomic mass is 10.1. The van der Waals surface area contributed by atoms with Gasteiger partial charge in [0.05, 0.1) is 12.5 Å². The van der Waals surface area contributed by atoms with Crippen LogP contribution in [0, 0.1) is 0 Å². The molecule has 1 heterocycles. The van der Waals surface area contributed by atoms with Gasteiger partial charge in [-0.2, -0.15) is 13.2 Å². The molecular formula is C11H21F3N2O. The van der Waals surface area contributed by atoms with E-state index in [4.69, 9.17) is 4.74 Å². The molecule has 1 fully saturated rings. The Hall–Kier alpha value is -0.330. The van der Waals surface area contributed by atoms with Gasteiger partial charge in [0.15, 0.2) is 0 Å². The number of alkyl halides is 3. The molecule has 0 unspecified atom stereocenters. The summed E-state index contributed by atoms with van der Waals surface area (Å²) in [5, 5.41) is 6.02. The largest absolute Gasteiger partial charge is 0.390 e. The molecular weight excluding hydrogens is 233 g/mol. The zero-order valence-corrected chi connectivity index (χ0v) is 9.98. The zero-order chi connectivity index (χ0) is 12.6. The molecule has 0 atom stereocenters. The molecule has 102 valence electrons. The Bertz CT molecular complexity index is 194. The van der Waals surface area contributed by atoms with Crippen molar-refractivity contribution < 1.29 is 17.9 Å². The van der Waals surface area contributed by atoms with E-state index in [0.717, 1.165) is 32.4 Å². The van der Waals surface area contributed by atoms with Gasteiger partial charge < -0.3 is 15.4 Å². The summed E-state index contributed by atoms with van der Waals surface area (Å²) < 4.78 is 41.0. The summed E-state index contributed by atoms with van der Waals surface area (Å²) in [7, 11) is 0. The lowest BCUT2D eigenvalue weighted by Crippen LogP contribution is -2.33. The van der Waals surface area contributed by atoms with Crippen molar-refractivity contribution in [3.63, 3.8) is 0 Å². The van der Waals surface area contributed by atoms with Crippen molar-refractivity contribution in [3.05, 3.63) is 0 Å². The molecule has 0 radical (unpaired) electrons. The molecule has 0 spiro atoms. The average molecular weight is 254 g/mol. The molecule has 0 aromatic carbocycles. The summed E-state index contributed by atoms with van der Waals surface area (Å²) in [6.45, 7) is 3.20. The summed E-state index contributed by atoms with van der Waals surface area (Å²) in [6.07, 6.45) is -1.67. The normalized spacial score (nSPS) is 18.5. The monoisotopic (exact) mass is 254 g/mol. The Morgan fingerprint density at radius 1 is 1.18 bits per heavy atom. The van der Waals surface area contributed by atoms with Crippen molar-refractivity contribution in [3.8, 4) is 0 Å². The third-order valence-electron chi connectivity index (χ3n) is 2.72. The van der Waals surface area contributed by atoms with Gasteiger partial charge in [-0.05, 0) is 38.9 Å². The Labute approximate surface area is 100 Å². The molecule has 3 nitrogen and oxygen atoms in total. The Balaban J connectivity index is 1.84. The minimum Gasteiger partial charge on any atom is -0.378 e. The van der Waals surface area contributed by atoms with Crippen LogP contribution >= 0.6 is 0 Å². The minimum atomic E-state index is -4.06. The number of ether oxygens (including phenoxy) is 1. The molecule has 0 amide bonds. The van der Waals surface area contributed by atoms with E-state index in [-0.39, 0.29) is 6.54 Å². The van der Waals surface area contributed by atoms with E-state index in [1.165, 1.54) is 0 Å². The first kappa shape index (κ1) is 14.7. The van der Waals surface area contributed by atoms with E-state index >= 15 is 0 Å². The number of rotatable bonds is 7. The van der Waals surface area contributed by atoms with E-state index in [1.807, 2.05) is 0 Å². The average Bonchev–Trinajstić information content (AvgIpc) is 2.28. The maximum atomic E-state index is 11.8. The van der Waals surface area contributed by atoms with Gasteiger partial charge in [-0.3, -0.25) is 0 Å². The second-order valence-corrected chi connectivity index (χ2v) is 4.29. The van der Waals surface area contributed by atoms with Crippen molar-refractivity contribution in [1.82, 2.24) is 10.6 Å². The predicted molar refractivity (Wildman–Crippen MR) is 60.0 cm³/mol. The summed E-state index contributed by atoms with van der Waals surface area (Å²) in [5.41, 5.74) is 0. The molecule has 0 saturated carbocycles. The molecule has 0 aromatic rings. The van der Waals surface area contributed by atoms with Crippen LogP contribution in [0.5, 0.6) is 0 Å². The van der Waals surface area contributed by atoms with Gasteiger partial charge in [0.25, 0.3) is 0 Å². The van der Waals surface area contributed by atoms with E-state index in [0.29, 0.717) is 19.3 Å². The van der Waals surface area contributed by atoms with Crippen molar-refractivity contribution in [2.75, 3.05) is 32.8 Å². The third-order valence-corrected chi connectivity index (χ3v) is 2.72. The van der Waals surface area contributed by atoms with Crippen LogP contribution in [0.15, 0.2) is 0 Å². The Morgan fingerprint density at radius 2 is 1.88 bits per heavy atom. The summed E-state index contributed by atoms with van der Waals surface area (Å²) in [5.74, 6) is 0. The van der Waals surface area contributed by atoms with Crippen LogP contribution in [0.2, 0.25) is 0 Å². The number of hydrogen-bond acceptors (Lipinski definition) is 3. The highest BCUT2D eigenvalue weighted by Crippen LogP contribution is 2.18. The standard InChI is InChI=1S/C11H21F3N2O/c12-11(13,14)4-8-15-5-1-9-17-10-2-6-16-7-3-10/h10,15-16H,1-9H2. The molecule has 17 heavy (non-hydrogen) atoms. The molecule has 0 bridgehead atoms. The molecule has 1 saturated heterocycles. The number of piperidine rings is 1. The Kier molecular flexibility index (Phi) is 6.84. The van der Waals surface area contributed by atoms with Crippen LogP contribution in [0.4, 0.5) is 13.2 Å². The first-order chi connectivity index (χ1) is 8.08. The van der Waals surface area contributed by atoms with Crippen LogP contribution < -0.4 is 10.6 Å². The van der Waals surface area contributed by atoms with E-state index in [1.54, 1.807) is 0 Å². The molecule has 1 aliphatic rings. The minimum absolute atomic E-state index is 0.00313. The highest BCUT2D eigenvalue weighted by atomic mass is 19.4. The molecule has 0 aromatic heterocycles. The van der Waals surface area contributed by atoms with Crippen molar-refractivity contribution in [2.24, 2.45) is 0 Å². The summed E-state index contributed by atoms with van der Waals surface area (Å²) in [4.78, 5) is 0. The lowest BCUT2D eigenvalue weighted by molar-refractivity contribution is -0.133. The van der Waals surface area contributed by atoms with E-state index in [9.17, 15) is 13.2 Å². The van der Waals surface area contributed by atoms with E-state index in [2.05, 4.69) is 10.6 Å². The fraction of sp³-hybridized carbons (Fsp3) is 1.00. The summed E-state index contributed by atoms with van der Waals surface area (Å²) >= 11 is 0. The molecule has 2 N–H and O–H groups in total. The quantitative estimate of drug-likeness (QED) is 0.678.